The molecule has 0 radical (unpaired) electrons. The molecule has 2 atom stereocenters. The summed E-state index contributed by atoms with van der Waals surface area (Å²) in [6.45, 7) is 12.1. The Bertz CT molecular complexity index is 1710. The van der Waals surface area contributed by atoms with Crippen molar-refractivity contribution in [2.45, 2.75) is 40.5 Å². The van der Waals surface area contributed by atoms with Gasteiger partial charge in [0.1, 0.15) is 10.0 Å². The first kappa shape index (κ1) is 31.2. The molecule has 2 heterocycles. The van der Waals surface area contributed by atoms with Crippen molar-refractivity contribution in [1.82, 2.24) is 9.97 Å². The molecule has 6 rings (SSSR count). The molecule has 45 heavy (non-hydrogen) atoms. The third kappa shape index (κ3) is 7.90. The van der Waals surface area contributed by atoms with Crippen LogP contribution in [0.3, 0.4) is 0 Å². The van der Waals surface area contributed by atoms with Crippen LogP contribution in [0.5, 0.6) is 0 Å². The van der Waals surface area contributed by atoms with Crippen LogP contribution in [0, 0.1) is 25.7 Å². The van der Waals surface area contributed by atoms with Crippen molar-refractivity contribution in [3.8, 4) is 21.1 Å². The number of anilines is 2. The quantitative estimate of drug-likeness (QED) is 0.125. The maximum atomic E-state index is 6.25. The Morgan fingerprint density at radius 1 is 0.600 bits per heavy atom. The summed E-state index contributed by atoms with van der Waals surface area (Å²) in [7, 11) is 0. The molecule has 0 bridgehead atoms. The Kier molecular flexibility index (Phi) is 10.1. The van der Waals surface area contributed by atoms with Gasteiger partial charge >= 0.3 is 0 Å². The van der Waals surface area contributed by atoms with Crippen molar-refractivity contribution < 1.29 is 4.74 Å². The zero-order valence-electron chi connectivity index (χ0n) is 26.6. The average molecular weight is 635 g/mol. The lowest BCUT2D eigenvalue weighted by atomic mass is 10.1. The molecule has 0 aliphatic heterocycles. The van der Waals surface area contributed by atoms with Gasteiger partial charge in [0, 0.05) is 35.6 Å². The molecule has 6 aromatic rings. The van der Waals surface area contributed by atoms with Gasteiger partial charge in [0.25, 0.3) is 0 Å². The Morgan fingerprint density at radius 3 is 1.42 bits per heavy atom. The van der Waals surface area contributed by atoms with Crippen LogP contribution in [0.2, 0.25) is 0 Å². The maximum absolute atomic E-state index is 6.25. The number of nitrogens with one attached hydrogen (secondary N) is 2. The van der Waals surface area contributed by atoms with Gasteiger partial charge in [0.2, 0.25) is 0 Å². The zero-order chi connectivity index (χ0) is 31.2. The Balaban J connectivity index is 0.938. The topological polar surface area (TPSA) is 59.1 Å². The number of thiazole rings is 2. The Morgan fingerprint density at radius 2 is 1.02 bits per heavy atom. The van der Waals surface area contributed by atoms with Gasteiger partial charge in [0.05, 0.1) is 33.6 Å². The number of aryl methyl sites for hydroxylation is 2. The molecule has 5 nitrogen and oxygen atoms in total. The van der Waals surface area contributed by atoms with E-state index in [1.165, 1.54) is 20.5 Å². The van der Waals surface area contributed by atoms with Crippen LogP contribution >= 0.6 is 22.7 Å². The van der Waals surface area contributed by atoms with Crippen molar-refractivity contribution in [3.63, 3.8) is 0 Å². The summed E-state index contributed by atoms with van der Waals surface area (Å²) in [5.74, 6) is 0.920. The molecule has 0 aliphatic rings. The van der Waals surface area contributed by atoms with Gasteiger partial charge in [-0.25, -0.2) is 9.97 Å². The maximum Gasteiger partial charge on any atom is 0.124 e. The lowest BCUT2D eigenvalue weighted by molar-refractivity contribution is 0.0750. The molecule has 0 fully saturated rings. The fourth-order valence-corrected chi connectivity index (χ4v) is 7.48. The molecule has 0 saturated heterocycles. The second-order valence-corrected chi connectivity index (χ2v) is 14.0. The van der Waals surface area contributed by atoms with E-state index < -0.39 is 0 Å². The van der Waals surface area contributed by atoms with E-state index in [2.05, 4.69) is 123 Å². The second kappa shape index (κ2) is 14.5. The molecule has 0 aliphatic carbocycles. The Hall–Kier alpha value is -3.78. The van der Waals surface area contributed by atoms with Crippen LogP contribution in [0.1, 0.15) is 37.8 Å². The summed E-state index contributed by atoms with van der Waals surface area (Å²) < 4.78 is 8.73. The van der Waals surface area contributed by atoms with Crippen LogP contribution in [-0.2, 0) is 4.74 Å². The number of fused-ring (bicyclic) bond motifs is 2. The summed E-state index contributed by atoms with van der Waals surface area (Å²) in [6, 6.07) is 30.2. The third-order valence-corrected chi connectivity index (χ3v) is 10.5. The van der Waals surface area contributed by atoms with E-state index >= 15 is 0 Å². The third-order valence-electron chi connectivity index (χ3n) is 8.40. The summed E-state index contributed by atoms with van der Waals surface area (Å²) in [5.41, 5.74) is 9.27. The highest BCUT2D eigenvalue weighted by atomic mass is 32.1. The van der Waals surface area contributed by atoms with E-state index in [9.17, 15) is 0 Å². The van der Waals surface area contributed by atoms with Crippen molar-refractivity contribution in [1.29, 1.82) is 0 Å². The van der Waals surface area contributed by atoms with E-state index in [0.29, 0.717) is 11.8 Å². The van der Waals surface area contributed by atoms with Gasteiger partial charge in [-0.3, -0.25) is 0 Å². The molecule has 2 aromatic heterocycles. The average Bonchev–Trinajstić information content (AvgIpc) is 3.68. The molecule has 7 heteroatoms. The van der Waals surface area contributed by atoms with E-state index in [0.717, 1.165) is 82.7 Å². The molecular weight excluding hydrogens is 593 g/mol. The fraction of sp³-hybridized carbons (Fsp3) is 0.316. The summed E-state index contributed by atoms with van der Waals surface area (Å²) >= 11 is 3.51. The normalized spacial score (nSPS) is 12.9. The Labute approximate surface area is 274 Å². The predicted molar refractivity (Wildman–Crippen MR) is 195 cm³/mol. The monoisotopic (exact) mass is 634 g/mol. The molecule has 0 saturated carbocycles. The number of rotatable bonds is 14. The highest BCUT2D eigenvalue weighted by Crippen LogP contribution is 2.32. The summed E-state index contributed by atoms with van der Waals surface area (Å²) in [4.78, 5) is 9.65. The number of nitrogens with zero attached hydrogens (tertiary/aromatic N) is 2. The van der Waals surface area contributed by atoms with Crippen LogP contribution in [0.15, 0.2) is 84.9 Å². The first-order valence-electron chi connectivity index (χ1n) is 16.0. The van der Waals surface area contributed by atoms with Crippen LogP contribution in [-0.4, -0.2) is 36.3 Å². The lowest BCUT2D eigenvalue weighted by Crippen LogP contribution is -2.23. The minimum Gasteiger partial charge on any atom is -0.385 e. The smallest absolute Gasteiger partial charge is 0.124 e. The molecule has 0 amide bonds. The molecular formula is C38H42N4OS2. The van der Waals surface area contributed by atoms with Crippen LogP contribution in [0.25, 0.3) is 41.6 Å². The number of benzene rings is 4. The van der Waals surface area contributed by atoms with Crippen molar-refractivity contribution >= 4 is 54.5 Å². The molecule has 232 valence electrons. The summed E-state index contributed by atoms with van der Waals surface area (Å²) in [5, 5.41) is 9.38. The van der Waals surface area contributed by atoms with E-state index in [1.807, 2.05) is 0 Å². The molecule has 4 aromatic carbocycles. The number of ether oxygens (including phenoxy) is 1. The van der Waals surface area contributed by atoms with Gasteiger partial charge in [-0.1, -0.05) is 26.0 Å². The molecule has 0 spiro atoms. The van der Waals surface area contributed by atoms with Gasteiger partial charge < -0.3 is 15.4 Å². The number of hydrogen-bond acceptors (Lipinski definition) is 7. The summed E-state index contributed by atoms with van der Waals surface area (Å²) in [6.07, 6.45) is 2.15. The SMILES string of the molecule is CCC(CNc1ccc(-c2nc3ccc(C)cc3s2)cc1)COCC(CC)CNc1ccc(-c2nc3ccc(C)cc3s2)cc1. The standard InChI is InChI=1S/C38H42N4OS2/c1-5-27(21-39-31-13-9-29(10-14-31)37-41-33-17-7-25(3)19-35(33)44-37)23-43-24-28(6-2)22-40-32-15-11-30(12-16-32)38-42-34-18-8-26(4)20-36(34)45-38/h7-20,27-28,39-40H,5-6,21-24H2,1-4H3. The lowest BCUT2D eigenvalue weighted by Gasteiger charge is -2.20. The van der Waals surface area contributed by atoms with Crippen LogP contribution in [0.4, 0.5) is 11.4 Å². The van der Waals surface area contributed by atoms with Crippen LogP contribution < -0.4 is 10.6 Å². The second-order valence-electron chi connectivity index (χ2n) is 12.0. The van der Waals surface area contributed by atoms with Crippen molar-refractivity contribution in [2.75, 3.05) is 36.9 Å². The minimum absolute atomic E-state index is 0.460. The first-order chi connectivity index (χ1) is 22.0. The highest BCUT2D eigenvalue weighted by Gasteiger charge is 2.12. The van der Waals surface area contributed by atoms with Crippen molar-refractivity contribution in [2.24, 2.45) is 11.8 Å². The van der Waals surface area contributed by atoms with Gasteiger partial charge in [0.15, 0.2) is 0 Å². The highest BCUT2D eigenvalue weighted by molar-refractivity contribution is 7.22. The van der Waals surface area contributed by atoms with Gasteiger partial charge in [-0.15, -0.1) is 22.7 Å². The number of hydrogen-bond donors (Lipinski definition) is 2. The number of aromatic nitrogens is 2. The molecule has 2 unspecified atom stereocenters. The first-order valence-corrected chi connectivity index (χ1v) is 17.6. The predicted octanol–water partition coefficient (Wildman–Crippen LogP) is 10.4. The minimum atomic E-state index is 0.460. The van der Waals surface area contributed by atoms with Gasteiger partial charge in [-0.2, -0.15) is 0 Å². The van der Waals surface area contributed by atoms with Crippen molar-refractivity contribution in [3.05, 3.63) is 96.1 Å². The zero-order valence-corrected chi connectivity index (χ0v) is 28.2. The van der Waals surface area contributed by atoms with E-state index in [1.54, 1.807) is 22.7 Å². The largest absolute Gasteiger partial charge is 0.385 e. The molecule has 2 N–H and O–H groups in total. The van der Waals surface area contributed by atoms with E-state index in [-0.39, 0.29) is 0 Å². The van der Waals surface area contributed by atoms with E-state index in [4.69, 9.17) is 14.7 Å². The fourth-order valence-electron chi connectivity index (χ4n) is 5.34. The van der Waals surface area contributed by atoms with Gasteiger partial charge in [-0.05, 0) is 122 Å².